The van der Waals surface area contributed by atoms with Crippen LogP contribution in [-0.2, 0) is 11.2 Å². The highest BCUT2D eigenvalue weighted by Crippen LogP contribution is 2.28. The molecule has 18 heavy (non-hydrogen) atoms. The average molecular weight is 268 g/mol. The van der Waals surface area contributed by atoms with E-state index < -0.39 is 0 Å². The quantitative estimate of drug-likeness (QED) is 0.853. The number of rotatable bonds is 4. The maximum atomic E-state index is 10.7. The highest BCUT2D eigenvalue weighted by Gasteiger charge is 2.21. The summed E-state index contributed by atoms with van der Waals surface area (Å²) in [6, 6.07) is 0.360. The van der Waals surface area contributed by atoms with Gasteiger partial charge in [-0.1, -0.05) is 18.5 Å². The largest absolute Gasteiger partial charge is 0.366 e. The highest BCUT2D eigenvalue weighted by atomic mass is 35.5. The second kappa shape index (κ2) is 6.14. The Balaban J connectivity index is 2.00. The van der Waals surface area contributed by atoms with Crippen LogP contribution in [0, 0.1) is 5.92 Å². The number of nitrogens with one attached hydrogen (secondary N) is 1. The van der Waals surface area contributed by atoms with Crippen molar-refractivity contribution in [2.75, 3.05) is 5.32 Å². The molecule has 1 heterocycles. The number of hydrogen-bond donors (Lipinski definition) is 1. The minimum absolute atomic E-state index is 0.232. The summed E-state index contributed by atoms with van der Waals surface area (Å²) in [6.07, 6.45) is 7.30. The van der Waals surface area contributed by atoms with Gasteiger partial charge in [0.2, 0.25) is 0 Å². The van der Waals surface area contributed by atoms with Crippen LogP contribution < -0.4 is 5.32 Å². The van der Waals surface area contributed by atoms with Crippen molar-refractivity contribution in [2.45, 2.75) is 45.1 Å². The summed E-state index contributed by atoms with van der Waals surface area (Å²) in [5, 5.41) is 3.99. The number of aromatic nitrogens is 2. The Morgan fingerprint density at radius 2 is 2.11 bits per heavy atom. The monoisotopic (exact) mass is 267 g/mol. The maximum Gasteiger partial charge on any atom is 0.148 e. The van der Waals surface area contributed by atoms with E-state index in [1.807, 2.05) is 6.92 Å². The van der Waals surface area contributed by atoms with E-state index in [4.69, 9.17) is 11.6 Å². The van der Waals surface area contributed by atoms with Gasteiger partial charge >= 0.3 is 0 Å². The Morgan fingerprint density at radius 3 is 2.72 bits per heavy atom. The number of halogens is 1. The van der Waals surface area contributed by atoms with Crippen molar-refractivity contribution in [3.63, 3.8) is 0 Å². The van der Waals surface area contributed by atoms with Crippen molar-refractivity contribution >= 4 is 23.7 Å². The second-order valence-electron chi connectivity index (χ2n) is 4.73. The Bertz CT molecular complexity index is 417. The summed E-state index contributed by atoms with van der Waals surface area (Å²) in [7, 11) is 0. The molecule has 0 bridgehead atoms. The van der Waals surface area contributed by atoms with E-state index in [1.165, 1.54) is 0 Å². The van der Waals surface area contributed by atoms with Gasteiger partial charge in [0.1, 0.15) is 23.5 Å². The molecule has 1 saturated carbocycles. The Hall–Kier alpha value is -1.16. The van der Waals surface area contributed by atoms with Gasteiger partial charge in [-0.15, -0.1) is 0 Å². The van der Waals surface area contributed by atoms with Crippen molar-refractivity contribution in [2.24, 2.45) is 5.92 Å². The van der Waals surface area contributed by atoms with Crippen LogP contribution in [0.15, 0.2) is 6.33 Å². The van der Waals surface area contributed by atoms with Crippen molar-refractivity contribution in [1.82, 2.24) is 9.97 Å². The molecule has 1 fully saturated rings. The summed E-state index contributed by atoms with van der Waals surface area (Å²) in [6.45, 7) is 2.02. The van der Waals surface area contributed by atoms with Gasteiger partial charge < -0.3 is 10.1 Å². The molecule has 1 aliphatic rings. The van der Waals surface area contributed by atoms with Crippen LogP contribution in [0.25, 0.3) is 0 Å². The second-order valence-corrected chi connectivity index (χ2v) is 5.11. The van der Waals surface area contributed by atoms with E-state index >= 15 is 0 Å². The maximum absolute atomic E-state index is 10.7. The fraction of sp³-hybridized carbons (Fsp3) is 0.615. The highest BCUT2D eigenvalue weighted by molar-refractivity contribution is 6.33. The molecule has 1 aliphatic carbocycles. The molecule has 2 rings (SSSR count). The van der Waals surface area contributed by atoms with E-state index in [0.717, 1.165) is 49.9 Å². The minimum atomic E-state index is 0.232. The first-order valence-corrected chi connectivity index (χ1v) is 6.83. The third-order valence-electron chi connectivity index (χ3n) is 3.50. The number of aldehydes is 1. The van der Waals surface area contributed by atoms with Crippen LogP contribution in [0.1, 0.15) is 38.3 Å². The minimum Gasteiger partial charge on any atom is -0.366 e. The first-order valence-electron chi connectivity index (χ1n) is 6.45. The molecule has 1 aromatic rings. The van der Waals surface area contributed by atoms with Crippen molar-refractivity contribution in [3.05, 3.63) is 17.0 Å². The lowest BCUT2D eigenvalue weighted by Crippen LogP contribution is -2.27. The van der Waals surface area contributed by atoms with E-state index in [9.17, 15) is 4.79 Å². The molecule has 0 atom stereocenters. The van der Waals surface area contributed by atoms with Crippen LogP contribution in [0.2, 0.25) is 5.02 Å². The molecule has 1 N–H and O–H groups in total. The normalized spacial score (nSPS) is 23.7. The van der Waals surface area contributed by atoms with E-state index in [1.54, 1.807) is 6.33 Å². The van der Waals surface area contributed by atoms with Crippen LogP contribution in [0.4, 0.5) is 5.82 Å². The number of nitrogens with zero attached hydrogens (tertiary/aromatic N) is 2. The first kappa shape index (κ1) is 13.3. The molecule has 0 unspecified atom stereocenters. The van der Waals surface area contributed by atoms with E-state index in [0.29, 0.717) is 11.1 Å². The van der Waals surface area contributed by atoms with Crippen molar-refractivity contribution in [1.29, 1.82) is 0 Å². The fourth-order valence-corrected chi connectivity index (χ4v) is 2.63. The van der Waals surface area contributed by atoms with Crippen LogP contribution >= 0.6 is 11.6 Å². The van der Waals surface area contributed by atoms with Gasteiger partial charge in [-0.25, -0.2) is 9.97 Å². The standard InChI is InChI=1S/C13H18ClN3O/c1-2-11-12(14)13(16-8-15-11)17-10-5-3-9(7-18)4-6-10/h7-10H,2-6H2,1H3,(H,15,16,17)/t9-,10+. The van der Waals surface area contributed by atoms with Gasteiger partial charge in [0.25, 0.3) is 0 Å². The molecule has 1 aromatic heterocycles. The van der Waals surface area contributed by atoms with Crippen LogP contribution in [-0.4, -0.2) is 22.3 Å². The average Bonchev–Trinajstić information content (AvgIpc) is 2.42. The predicted molar refractivity (Wildman–Crippen MR) is 71.9 cm³/mol. The molecular weight excluding hydrogens is 250 g/mol. The Labute approximate surface area is 112 Å². The van der Waals surface area contributed by atoms with Gasteiger partial charge in [0, 0.05) is 12.0 Å². The van der Waals surface area contributed by atoms with E-state index in [2.05, 4.69) is 15.3 Å². The zero-order valence-corrected chi connectivity index (χ0v) is 11.3. The third-order valence-corrected chi connectivity index (χ3v) is 3.90. The molecule has 0 aromatic carbocycles. The summed E-state index contributed by atoms with van der Waals surface area (Å²) in [5.74, 6) is 0.952. The van der Waals surface area contributed by atoms with E-state index in [-0.39, 0.29) is 5.92 Å². The topological polar surface area (TPSA) is 54.9 Å². The van der Waals surface area contributed by atoms with Crippen molar-refractivity contribution < 1.29 is 4.79 Å². The zero-order valence-electron chi connectivity index (χ0n) is 10.5. The van der Waals surface area contributed by atoms with Crippen LogP contribution in [0.3, 0.4) is 0 Å². The zero-order chi connectivity index (χ0) is 13.0. The number of hydrogen-bond acceptors (Lipinski definition) is 4. The summed E-state index contributed by atoms with van der Waals surface area (Å²) in [4.78, 5) is 19.0. The number of carbonyl (C=O) groups excluding carboxylic acids is 1. The lowest BCUT2D eigenvalue weighted by Gasteiger charge is -2.27. The smallest absolute Gasteiger partial charge is 0.148 e. The molecule has 98 valence electrons. The summed E-state index contributed by atoms with van der Waals surface area (Å²) in [5.41, 5.74) is 0.871. The Kier molecular flexibility index (Phi) is 4.53. The summed E-state index contributed by atoms with van der Waals surface area (Å²) >= 11 is 6.24. The molecule has 0 saturated heterocycles. The van der Waals surface area contributed by atoms with Gasteiger partial charge in [-0.2, -0.15) is 0 Å². The number of anilines is 1. The molecule has 0 radical (unpaired) electrons. The third kappa shape index (κ3) is 2.99. The molecule has 5 heteroatoms. The van der Waals surface area contributed by atoms with Gasteiger partial charge in [0.15, 0.2) is 0 Å². The molecular formula is C13H18ClN3O. The first-order chi connectivity index (χ1) is 8.74. The van der Waals surface area contributed by atoms with Gasteiger partial charge in [-0.3, -0.25) is 0 Å². The molecule has 0 amide bonds. The summed E-state index contributed by atoms with van der Waals surface area (Å²) < 4.78 is 0. The van der Waals surface area contributed by atoms with Crippen molar-refractivity contribution in [3.8, 4) is 0 Å². The van der Waals surface area contributed by atoms with Gasteiger partial charge in [0.05, 0.1) is 5.69 Å². The molecule has 4 nitrogen and oxygen atoms in total. The Morgan fingerprint density at radius 1 is 1.39 bits per heavy atom. The SMILES string of the molecule is CCc1ncnc(N[C@H]2CC[C@@H](C=O)CC2)c1Cl. The molecule has 0 spiro atoms. The predicted octanol–water partition coefficient (Wildman–Crippen LogP) is 2.86. The van der Waals surface area contributed by atoms with Gasteiger partial charge in [-0.05, 0) is 32.1 Å². The molecule has 0 aliphatic heterocycles. The fourth-order valence-electron chi connectivity index (χ4n) is 2.35. The lowest BCUT2D eigenvalue weighted by atomic mass is 9.87. The van der Waals surface area contributed by atoms with Crippen LogP contribution in [0.5, 0.6) is 0 Å². The number of carbonyl (C=O) groups is 1. The number of aryl methyl sites for hydroxylation is 1. The lowest BCUT2D eigenvalue weighted by molar-refractivity contribution is -0.111.